The van der Waals surface area contributed by atoms with Crippen LogP contribution in [-0.4, -0.2) is 44.9 Å². The first kappa shape index (κ1) is 28.5. The smallest absolute Gasteiger partial charge is 0.240 e. The summed E-state index contributed by atoms with van der Waals surface area (Å²) in [5.41, 5.74) is 3.47. The van der Waals surface area contributed by atoms with Crippen LogP contribution in [0.25, 0.3) is 17.1 Å². The molecule has 0 spiro atoms. The molecule has 1 fully saturated rings. The fourth-order valence-corrected chi connectivity index (χ4v) is 6.02. The van der Waals surface area contributed by atoms with Gasteiger partial charge in [0.05, 0.1) is 11.4 Å². The minimum Gasteiger partial charge on any atom is -0.352 e. The molecule has 5 rings (SSSR count). The highest BCUT2D eigenvalue weighted by Gasteiger charge is 2.24. The lowest BCUT2D eigenvalue weighted by atomic mass is 9.95. The predicted molar refractivity (Wildman–Crippen MR) is 161 cm³/mol. The zero-order chi connectivity index (χ0) is 28.6. The number of rotatable bonds is 10. The maximum absolute atomic E-state index is 13.7. The summed E-state index contributed by atoms with van der Waals surface area (Å²) < 4.78 is 15.7. The second kappa shape index (κ2) is 13.6. The van der Waals surface area contributed by atoms with E-state index in [4.69, 9.17) is 0 Å². The third-order valence-corrected chi connectivity index (χ3v) is 8.23. The molecule has 41 heavy (non-hydrogen) atoms. The molecule has 0 atom stereocenters. The molecule has 0 radical (unpaired) electrons. The molecule has 1 N–H and O–H groups in total. The Bertz CT molecular complexity index is 1470. The van der Waals surface area contributed by atoms with Crippen molar-refractivity contribution < 1.29 is 14.0 Å². The number of halogens is 1. The van der Waals surface area contributed by atoms with E-state index in [-0.39, 0.29) is 30.2 Å². The average molecular weight is 572 g/mol. The number of aryl methyl sites for hydroxylation is 1. The van der Waals surface area contributed by atoms with Gasteiger partial charge in [-0.25, -0.2) is 4.39 Å². The lowest BCUT2D eigenvalue weighted by Crippen LogP contribution is -2.45. The number of aromatic nitrogens is 3. The molecular formula is C32H34FN5O2S. The lowest BCUT2D eigenvalue weighted by molar-refractivity contribution is -0.123. The molecule has 4 aromatic rings. The molecule has 7 nitrogen and oxygen atoms in total. The summed E-state index contributed by atoms with van der Waals surface area (Å²) in [6.07, 6.45) is 6.09. The fourth-order valence-electron chi connectivity index (χ4n) is 5.20. The number of benzene rings is 3. The van der Waals surface area contributed by atoms with Crippen molar-refractivity contribution in [2.24, 2.45) is 0 Å². The van der Waals surface area contributed by atoms with Gasteiger partial charge in [0.15, 0.2) is 11.0 Å². The number of carbonyl (C=O) groups excluding carboxylic acids is 2. The quantitative estimate of drug-likeness (QED) is 0.229. The van der Waals surface area contributed by atoms with Crippen molar-refractivity contribution in [2.45, 2.75) is 56.6 Å². The van der Waals surface area contributed by atoms with Crippen LogP contribution in [0.5, 0.6) is 0 Å². The monoisotopic (exact) mass is 571 g/mol. The number of nitrogens with zero attached hydrogens (tertiary/aromatic N) is 4. The molecule has 0 bridgehead atoms. The number of amides is 2. The molecule has 9 heteroatoms. The van der Waals surface area contributed by atoms with Gasteiger partial charge in [-0.2, -0.15) is 0 Å². The summed E-state index contributed by atoms with van der Waals surface area (Å²) >= 11 is 1.27. The Labute approximate surface area is 244 Å². The van der Waals surface area contributed by atoms with Gasteiger partial charge < -0.3 is 10.2 Å². The molecule has 2 amide bonds. The third kappa shape index (κ3) is 7.03. The highest BCUT2D eigenvalue weighted by atomic mass is 32.2. The number of carbonyl (C=O) groups is 2. The number of para-hydroxylation sites is 1. The van der Waals surface area contributed by atoms with Gasteiger partial charge >= 0.3 is 0 Å². The molecule has 1 aliphatic rings. The number of nitrogens with one attached hydrogen (secondary N) is 1. The van der Waals surface area contributed by atoms with Crippen molar-refractivity contribution >= 4 is 29.3 Å². The maximum atomic E-state index is 13.7. The SMILES string of the molecule is CCc1ccccc1-n1c(SCC(=O)N(CC(=O)NC2CCCCC2)c2ccc(F)cc2)nnc1-c1ccccc1. The van der Waals surface area contributed by atoms with E-state index in [1.54, 1.807) is 0 Å². The van der Waals surface area contributed by atoms with Crippen molar-refractivity contribution in [1.29, 1.82) is 0 Å². The summed E-state index contributed by atoms with van der Waals surface area (Å²) in [5, 5.41) is 12.6. The minimum absolute atomic E-state index is 0.0231. The van der Waals surface area contributed by atoms with Crippen LogP contribution in [0.15, 0.2) is 84.0 Å². The van der Waals surface area contributed by atoms with Crippen LogP contribution in [0.4, 0.5) is 10.1 Å². The summed E-state index contributed by atoms with van der Waals surface area (Å²) in [7, 11) is 0. The van der Waals surface area contributed by atoms with Gasteiger partial charge in [-0.3, -0.25) is 14.2 Å². The van der Waals surface area contributed by atoms with E-state index in [0.717, 1.165) is 48.9 Å². The van der Waals surface area contributed by atoms with Crippen LogP contribution in [0, 0.1) is 5.82 Å². The summed E-state index contributed by atoms with van der Waals surface area (Å²) in [6, 6.07) is 23.7. The van der Waals surface area contributed by atoms with Crippen LogP contribution in [0.1, 0.15) is 44.6 Å². The van der Waals surface area contributed by atoms with Gasteiger partial charge in [0.25, 0.3) is 0 Å². The van der Waals surface area contributed by atoms with Gasteiger partial charge in [-0.05, 0) is 55.2 Å². The van der Waals surface area contributed by atoms with E-state index in [9.17, 15) is 14.0 Å². The second-order valence-electron chi connectivity index (χ2n) is 10.1. The molecule has 0 aliphatic heterocycles. The highest BCUT2D eigenvalue weighted by molar-refractivity contribution is 7.99. The van der Waals surface area contributed by atoms with Crippen LogP contribution in [0.2, 0.25) is 0 Å². The Kier molecular flexibility index (Phi) is 9.46. The molecule has 1 aromatic heterocycles. The first-order valence-corrected chi connectivity index (χ1v) is 15.1. The van der Waals surface area contributed by atoms with E-state index >= 15 is 0 Å². The van der Waals surface area contributed by atoms with Crippen LogP contribution in [0.3, 0.4) is 0 Å². The van der Waals surface area contributed by atoms with Gasteiger partial charge in [0.1, 0.15) is 12.4 Å². The molecule has 3 aromatic carbocycles. The predicted octanol–water partition coefficient (Wildman–Crippen LogP) is 6.21. The Morgan fingerprint density at radius 3 is 2.39 bits per heavy atom. The van der Waals surface area contributed by atoms with E-state index in [1.807, 2.05) is 53.1 Å². The van der Waals surface area contributed by atoms with Crippen molar-refractivity contribution in [3.05, 3.63) is 90.2 Å². The van der Waals surface area contributed by atoms with Crippen molar-refractivity contribution in [3.8, 4) is 17.1 Å². The van der Waals surface area contributed by atoms with E-state index in [2.05, 4.69) is 28.5 Å². The fraction of sp³-hybridized carbons (Fsp3) is 0.312. The zero-order valence-corrected chi connectivity index (χ0v) is 23.9. The molecule has 1 saturated carbocycles. The standard InChI is InChI=1S/C32H34FN5O2S/c1-2-23-11-9-10-16-28(23)38-31(24-12-5-3-6-13-24)35-36-32(38)41-22-30(40)37(27-19-17-25(33)18-20-27)21-29(39)34-26-14-7-4-8-15-26/h3,5-6,9-13,16-20,26H,2,4,7-8,14-15,21-22H2,1H3,(H,34,39). The van der Waals surface area contributed by atoms with Crippen molar-refractivity contribution in [3.63, 3.8) is 0 Å². The number of hydrogen-bond donors (Lipinski definition) is 1. The number of thioether (sulfide) groups is 1. The zero-order valence-electron chi connectivity index (χ0n) is 23.1. The molecular weight excluding hydrogens is 537 g/mol. The van der Waals surface area contributed by atoms with Gasteiger partial charge in [0.2, 0.25) is 11.8 Å². The third-order valence-electron chi connectivity index (χ3n) is 7.31. The molecule has 212 valence electrons. The van der Waals surface area contributed by atoms with Gasteiger partial charge in [-0.15, -0.1) is 10.2 Å². The van der Waals surface area contributed by atoms with Gasteiger partial charge in [-0.1, -0.05) is 86.5 Å². The molecule has 0 saturated heterocycles. The Hall–Kier alpha value is -3.98. The molecule has 1 aliphatic carbocycles. The summed E-state index contributed by atoms with van der Waals surface area (Å²) in [6.45, 7) is 1.96. The topological polar surface area (TPSA) is 80.1 Å². The number of anilines is 1. The Morgan fingerprint density at radius 2 is 1.66 bits per heavy atom. The maximum Gasteiger partial charge on any atom is 0.240 e. The van der Waals surface area contributed by atoms with Crippen LogP contribution in [-0.2, 0) is 16.0 Å². The van der Waals surface area contributed by atoms with Crippen molar-refractivity contribution in [2.75, 3.05) is 17.2 Å². The van der Waals surface area contributed by atoms with Crippen LogP contribution < -0.4 is 10.2 Å². The normalized spacial score (nSPS) is 13.6. The Balaban J connectivity index is 1.40. The lowest BCUT2D eigenvalue weighted by Gasteiger charge is -2.26. The second-order valence-corrected chi connectivity index (χ2v) is 11.1. The van der Waals surface area contributed by atoms with Gasteiger partial charge in [0, 0.05) is 17.3 Å². The first-order valence-electron chi connectivity index (χ1n) is 14.1. The minimum atomic E-state index is -0.404. The molecule has 1 heterocycles. The Morgan fingerprint density at radius 1 is 0.951 bits per heavy atom. The van der Waals surface area contributed by atoms with Crippen molar-refractivity contribution in [1.82, 2.24) is 20.1 Å². The summed E-state index contributed by atoms with van der Waals surface area (Å²) in [5.74, 6) is -0.192. The van der Waals surface area contributed by atoms with E-state index in [0.29, 0.717) is 16.7 Å². The number of hydrogen-bond acceptors (Lipinski definition) is 5. The molecule has 0 unspecified atom stereocenters. The first-order chi connectivity index (χ1) is 20.0. The summed E-state index contributed by atoms with van der Waals surface area (Å²) in [4.78, 5) is 28.1. The van der Waals surface area contributed by atoms with E-state index < -0.39 is 5.82 Å². The van der Waals surface area contributed by atoms with Crippen LogP contribution >= 0.6 is 11.8 Å². The van der Waals surface area contributed by atoms with E-state index in [1.165, 1.54) is 47.3 Å². The largest absolute Gasteiger partial charge is 0.352 e. The average Bonchev–Trinajstić information content (AvgIpc) is 3.44. The highest BCUT2D eigenvalue weighted by Crippen LogP contribution is 2.30.